The first-order chi connectivity index (χ1) is 8.14. The molecule has 2 rings (SSSR count). The van der Waals surface area contributed by atoms with E-state index in [0.717, 1.165) is 12.8 Å². The lowest BCUT2D eigenvalue weighted by molar-refractivity contribution is -0.0729. The fourth-order valence-electron chi connectivity index (χ4n) is 3.29. The van der Waals surface area contributed by atoms with Crippen molar-refractivity contribution >= 4 is 0 Å². The number of hydrogen-bond acceptors (Lipinski definition) is 2. The van der Waals surface area contributed by atoms with Crippen LogP contribution in [-0.2, 0) is 4.74 Å². The van der Waals surface area contributed by atoms with Crippen LogP contribution in [0.1, 0.15) is 58.8 Å². The standard InChI is InChI=1S/C15H26O2/c1-12-5-7-13(8-6-12)15(2)10-9-14(17-15)4-3-11-16/h5,13-14,16H,3-4,6-11H2,1-2H3. The molecule has 0 aromatic carbocycles. The Hall–Kier alpha value is -0.340. The molecule has 3 unspecified atom stereocenters. The summed E-state index contributed by atoms with van der Waals surface area (Å²) < 4.78 is 6.29. The molecule has 0 radical (unpaired) electrons. The molecule has 1 aliphatic heterocycles. The van der Waals surface area contributed by atoms with Gasteiger partial charge in [-0.3, -0.25) is 0 Å². The zero-order chi connectivity index (χ0) is 12.3. The normalized spacial score (nSPS) is 38.2. The smallest absolute Gasteiger partial charge is 0.0690 e. The molecule has 1 N–H and O–H groups in total. The fourth-order valence-corrected chi connectivity index (χ4v) is 3.29. The van der Waals surface area contributed by atoms with E-state index in [0.29, 0.717) is 18.6 Å². The summed E-state index contributed by atoms with van der Waals surface area (Å²) in [6.45, 7) is 4.82. The van der Waals surface area contributed by atoms with E-state index in [-0.39, 0.29) is 5.60 Å². The second-order valence-electron chi connectivity index (χ2n) is 5.98. The van der Waals surface area contributed by atoms with Crippen LogP contribution < -0.4 is 0 Å². The Morgan fingerprint density at radius 2 is 2.29 bits per heavy atom. The number of hydrogen-bond donors (Lipinski definition) is 1. The molecule has 2 heteroatoms. The third-order valence-corrected chi connectivity index (χ3v) is 4.58. The van der Waals surface area contributed by atoms with Crippen LogP contribution in [0.15, 0.2) is 11.6 Å². The van der Waals surface area contributed by atoms with E-state index in [9.17, 15) is 0 Å². The van der Waals surface area contributed by atoms with Gasteiger partial charge in [0.15, 0.2) is 0 Å². The van der Waals surface area contributed by atoms with Gasteiger partial charge in [-0.1, -0.05) is 11.6 Å². The quantitative estimate of drug-likeness (QED) is 0.760. The maximum atomic E-state index is 8.87. The number of aliphatic hydroxyl groups excluding tert-OH is 1. The summed E-state index contributed by atoms with van der Waals surface area (Å²) in [5, 5.41) is 8.87. The average Bonchev–Trinajstić information content (AvgIpc) is 2.70. The van der Waals surface area contributed by atoms with Gasteiger partial charge < -0.3 is 9.84 Å². The van der Waals surface area contributed by atoms with Gasteiger partial charge >= 0.3 is 0 Å². The van der Waals surface area contributed by atoms with Crippen molar-refractivity contribution in [3.8, 4) is 0 Å². The maximum absolute atomic E-state index is 8.87. The van der Waals surface area contributed by atoms with Crippen LogP contribution in [0.5, 0.6) is 0 Å². The van der Waals surface area contributed by atoms with E-state index < -0.39 is 0 Å². The van der Waals surface area contributed by atoms with E-state index in [1.54, 1.807) is 5.57 Å². The molecule has 0 amide bonds. The van der Waals surface area contributed by atoms with Crippen LogP contribution >= 0.6 is 0 Å². The predicted molar refractivity (Wildman–Crippen MR) is 69.9 cm³/mol. The lowest BCUT2D eigenvalue weighted by atomic mass is 9.77. The van der Waals surface area contributed by atoms with Crippen LogP contribution in [0.25, 0.3) is 0 Å². The molecule has 1 heterocycles. The van der Waals surface area contributed by atoms with Crippen molar-refractivity contribution in [3.63, 3.8) is 0 Å². The minimum absolute atomic E-state index is 0.0946. The van der Waals surface area contributed by atoms with Gasteiger partial charge in [-0.15, -0.1) is 0 Å². The molecule has 2 aliphatic rings. The van der Waals surface area contributed by atoms with Crippen molar-refractivity contribution in [3.05, 3.63) is 11.6 Å². The van der Waals surface area contributed by atoms with Crippen LogP contribution in [0.3, 0.4) is 0 Å². The van der Waals surface area contributed by atoms with E-state index in [1.807, 2.05) is 0 Å². The highest BCUT2D eigenvalue weighted by Crippen LogP contribution is 2.43. The minimum Gasteiger partial charge on any atom is -0.396 e. The van der Waals surface area contributed by atoms with Crippen LogP contribution in [-0.4, -0.2) is 23.4 Å². The zero-order valence-electron chi connectivity index (χ0n) is 11.2. The van der Waals surface area contributed by atoms with Gasteiger partial charge in [0, 0.05) is 6.61 Å². The maximum Gasteiger partial charge on any atom is 0.0690 e. The SMILES string of the molecule is CC1=CCC(C2(C)CCC(CCCO)O2)CC1. The molecule has 0 aromatic rings. The Kier molecular flexibility index (Phi) is 4.26. The molecule has 1 saturated heterocycles. The molecule has 2 nitrogen and oxygen atoms in total. The first-order valence-electron chi connectivity index (χ1n) is 7.08. The minimum atomic E-state index is 0.0946. The van der Waals surface area contributed by atoms with Gasteiger partial charge in [0.2, 0.25) is 0 Å². The Morgan fingerprint density at radius 3 is 2.94 bits per heavy atom. The lowest BCUT2D eigenvalue weighted by Gasteiger charge is -2.36. The Morgan fingerprint density at radius 1 is 1.47 bits per heavy atom. The van der Waals surface area contributed by atoms with Crippen LogP contribution in [0.2, 0.25) is 0 Å². The van der Waals surface area contributed by atoms with Gasteiger partial charge in [-0.25, -0.2) is 0 Å². The molecule has 3 atom stereocenters. The first-order valence-corrected chi connectivity index (χ1v) is 7.08. The Labute approximate surface area is 105 Å². The predicted octanol–water partition coefficient (Wildman–Crippen LogP) is 3.44. The van der Waals surface area contributed by atoms with E-state index >= 15 is 0 Å². The fraction of sp³-hybridized carbons (Fsp3) is 0.867. The van der Waals surface area contributed by atoms with Crippen molar-refractivity contribution in [1.29, 1.82) is 0 Å². The summed E-state index contributed by atoms with van der Waals surface area (Å²) in [7, 11) is 0. The highest BCUT2D eigenvalue weighted by molar-refractivity contribution is 5.07. The van der Waals surface area contributed by atoms with Gasteiger partial charge in [-0.2, -0.15) is 0 Å². The zero-order valence-corrected chi connectivity index (χ0v) is 11.2. The number of allylic oxidation sites excluding steroid dienone is 2. The molecule has 1 fully saturated rings. The molecular formula is C15H26O2. The van der Waals surface area contributed by atoms with Crippen molar-refractivity contribution in [1.82, 2.24) is 0 Å². The van der Waals surface area contributed by atoms with E-state index in [4.69, 9.17) is 9.84 Å². The van der Waals surface area contributed by atoms with E-state index in [2.05, 4.69) is 19.9 Å². The third-order valence-electron chi connectivity index (χ3n) is 4.58. The summed E-state index contributed by atoms with van der Waals surface area (Å²) in [4.78, 5) is 0. The summed E-state index contributed by atoms with van der Waals surface area (Å²) >= 11 is 0. The number of rotatable bonds is 4. The van der Waals surface area contributed by atoms with Crippen molar-refractivity contribution in [2.45, 2.75) is 70.5 Å². The number of aliphatic hydroxyl groups is 1. The topological polar surface area (TPSA) is 29.5 Å². The average molecular weight is 238 g/mol. The number of ether oxygens (including phenoxy) is 1. The third kappa shape index (κ3) is 3.11. The van der Waals surface area contributed by atoms with Crippen molar-refractivity contribution < 1.29 is 9.84 Å². The summed E-state index contributed by atoms with van der Waals surface area (Å²) in [5.41, 5.74) is 1.64. The van der Waals surface area contributed by atoms with Crippen LogP contribution in [0, 0.1) is 5.92 Å². The van der Waals surface area contributed by atoms with Gasteiger partial charge in [0.05, 0.1) is 11.7 Å². The molecule has 17 heavy (non-hydrogen) atoms. The highest BCUT2D eigenvalue weighted by Gasteiger charge is 2.41. The molecule has 0 saturated carbocycles. The molecule has 1 aliphatic carbocycles. The lowest BCUT2D eigenvalue weighted by Crippen LogP contribution is -2.35. The second-order valence-corrected chi connectivity index (χ2v) is 5.98. The largest absolute Gasteiger partial charge is 0.396 e. The molecule has 0 spiro atoms. The molecular weight excluding hydrogens is 212 g/mol. The first kappa shape index (κ1) is 13.1. The molecule has 98 valence electrons. The highest BCUT2D eigenvalue weighted by atomic mass is 16.5. The van der Waals surface area contributed by atoms with Gasteiger partial charge in [0.1, 0.15) is 0 Å². The summed E-state index contributed by atoms with van der Waals surface area (Å²) in [6, 6.07) is 0. The van der Waals surface area contributed by atoms with Gasteiger partial charge in [0.25, 0.3) is 0 Å². The second kappa shape index (κ2) is 5.53. The monoisotopic (exact) mass is 238 g/mol. The molecule has 0 aromatic heterocycles. The molecule has 0 bridgehead atoms. The van der Waals surface area contributed by atoms with Crippen molar-refractivity contribution in [2.75, 3.05) is 6.61 Å². The summed E-state index contributed by atoms with van der Waals surface area (Å²) in [6.07, 6.45) is 10.8. The van der Waals surface area contributed by atoms with Gasteiger partial charge in [-0.05, 0) is 64.7 Å². The van der Waals surface area contributed by atoms with E-state index in [1.165, 1.54) is 32.1 Å². The Balaban J connectivity index is 1.88. The summed E-state index contributed by atoms with van der Waals surface area (Å²) in [5.74, 6) is 0.699. The van der Waals surface area contributed by atoms with Crippen molar-refractivity contribution in [2.24, 2.45) is 5.92 Å². The van der Waals surface area contributed by atoms with Crippen LogP contribution in [0.4, 0.5) is 0 Å². The Bertz CT molecular complexity index is 285.